The molecule has 0 bridgehead atoms. The third kappa shape index (κ3) is 4.97. The van der Waals surface area contributed by atoms with Gasteiger partial charge in [-0.1, -0.05) is 35.4 Å². The van der Waals surface area contributed by atoms with Crippen molar-refractivity contribution in [2.24, 2.45) is 0 Å². The zero-order valence-corrected chi connectivity index (χ0v) is 16.2. The third-order valence-corrected chi connectivity index (χ3v) is 4.64. The van der Waals surface area contributed by atoms with Crippen LogP contribution in [-0.2, 0) is 18.9 Å². The summed E-state index contributed by atoms with van der Waals surface area (Å²) in [6, 6.07) is 14.2. The van der Waals surface area contributed by atoms with Gasteiger partial charge in [-0.3, -0.25) is 0 Å². The topological polar surface area (TPSA) is 71.1 Å². The summed E-state index contributed by atoms with van der Waals surface area (Å²) < 4.78 is 22.0. The predicted octanol–water partition coefficient (Wildman–Crippen LogP) is 3.45. The van der Waals surface area contributed by atoms with Crippen LogP contribution in [0, 0.1) is 13.8 Å². The van der Waals surface area contributed by atoms with E-state index in [-0.39, 0.29) is 13.0 Å². The second kappa shape index (κ2) is 8.99. The molecule has 3 atom stereocenters. The number of esters is 2. The first-order chi connectivity index (χ1) is 13.5. The molecule has 2 aromatic rings. The van der Waals surface area contributed by atoms with Gasteiger partial charge in [-0.2, -0.15) is 0 Å². The van der Waals surface area contributed by atoms with Gasteiger partial charge in [-0.25, -0.2) is 9.59 Å². The van der Waals surface area contributed by atoms with Gasteiger partial charge in [0.2, 0.25) is 0 Å². The van der Waals surface area contributed by atoms with Gasteiger partial charge in [-0.15, -0.1) is 0 Å². The van der Waals surface area contributed by atoms with Crippen molar-refractivity contribution in [2.75, 3.05) is 13.7 Å². The van der Waals surface area contributed by atoms with Crippen molar-refractivity contribution in [3.63, 3.8) is 0 Å². The number of methoxy groups -OCH3 is 1. The molecule has 0 aliphatic carbocycles. The molecule has 0 saturated carbocycles. The molecule has 0 N–H and O–H groups in total. The smallest absolute Gasteiger partial charge is 0.338 e. The minimum absolute atomic E-state index is 0.0853. The minimum atomic E-state index is -0.713. The Bertz CT molecular complexity index is 812. The average molecular weight is 384 g/mol. The second-order valence-electron chi connectivity index (χ2n) is 6.85. The molecule has 1 heterocycles. The van der Waals surface area contributed by atoms with Gasteiger partial charge < -0.3 is 18.9 Å². The fraction of sp³-hybridized carbons (Fsp3) is 0.364. The molecule has 1 aliphatic rings. The van der Waals surface area contributed by atoms with Crippen LogP contribution in [0.5, 0.6) is 0 Å². The maximum absolute atomic E-state index is 12.5. The first kappa shape index (κ1) is 20.0. The molecule has 0 amide bonds. The van der Waals surface area contributed by atoms with Gasteiger partial charge in [-0.05, 0) is 38.1 Å². The van der Waals surface area contributed by atoms with E-state index in [0.717, 1.165) is 11.1 Å². The Kier molecular flexibility index (Phi) is 6.44. The number of benzene rings is 2. The summed E-state index contributed by atoms with van der Waals surface area (Å²) in [5, 5.41) is 0. The fourth-order valence-electron chi connectivity index (χ4n) is 2.91. The largest absolute Gasteiger partial charge is 0.455 e. The van der Waals surface area contributed by atoms with Gasteiger partial charge >= 0.3 is 11.9 Å². The SMILES string of the molecule is COC1CC(OC(=O)c2ccc(C)cc2)C(OC(=O)c2ccc(C)cc2)CO1. The van der Waals surface area contributed by atoms with Gasteiger partial charge in [0.1, 0.15) is 6.10 Å². The summed E-state index contributed by atoms with van der Waals surface area (Å²) in [7, 11) is 1.52. The molecule has 1 saturated heterocycles. The molecule has 2 aromatic carbocycles. The van der Waals surface area contributed by atoms with Crippen LogP contribution in [0.1, 0.15) is 38.3 Å². The van der Waals surface area contributed by atoms with E-state index in [1.807, 2.05) is 38.1 Å². The summed E-state index contributed by atoms with van der Waals surface area (Å²) >= 11 is 0. The van der Waals surface area contributed by atoms with E-state index >= 15 is 0 Å². The molecule has 0 aromatic heterocycles. The molecule has 0 spiro atoms. The highest BCUT2D eigenvalue weighted by Crippen LogP contribution is 2.23. The number of carbonyl (C=O) groups excluding carboxylic acids is 2. The van der Waals surface area contributed by atoms with Crippen LogP contribution in [0.4, 0.5) is 0 Å². The van der Waals surface area contributed by atoms with Gasteiger partial charge in [0.15, 0.2) is 12.4 Å². The van der Waals surface area contributed by atoms with Crippen molar-refractivity contribution in [1.29, 1.82) is 0 Å². The number of hydrogen-bond acceptors (Lipinski definition) is 6. The number of rotatable bonds is 5. The molecule has 0 radical (unpaired) electrons. The van der Waals surface area contributed by atoms with Crippen molar-refractivity contribution < 1.29 is 28.5 Å². The van der Waals surface area contributed by atoms with Gasteiger partial charge in [0.25, 0.3) is 0 Å². The molecule has 3 rings (SSSR count). The predicted molar refractivity (Wildman–Crippen MR) is 102 cm³/mol. The quantitative estimate of drug-likeness (QED) is 0.736. The van der Waals surface area contributed by atoms with Crippen LogP contribution in [-0.4, -0.2) is 44.2 Å². The van der Waals surface area contributed by atoms with Crippen molar-refractivity contribution in [1.82, 2.24) is 0 Å². The number of carbonyl (C=O) groups is 2. The number of hydrogen-bond donors (Lipinski definition) is 0. The van der Waals surface area contributed by atoms with E-state index in [1.54, 1.807) is 24.3 Å². The molecule has 6 nitrogen and oxygen atoms in total. The van der Waals surface area contributed by atoms with Crippen molar-refractivity contribution >= 4 is 11.9 Å². The van der Waals surface area contributed by atoms with E-state index in [1.165, 1.54) is 7.11 Å². The maximum atomic E-state index is 12.5. The van der Waals surface area contributed by atoms with Crippen LogP contribution in [0.25, 0.3) is 0 Å². The summed E-state index contributed by atoms with van der Waals surface area (Å²) in [4.78, 5) is 25.0. The Morgan fingerprint density at radius 3 is 1.75 bits per heavy atom. The van der Waals surface area contributed by atoms with Crippen molar-refractivity contribution in [3.05, 3.63) is 70.8 Å². The Hall–Kier alpha value is -2.70. The van der Waals surface area contributed by atoms with E-state index in [9.17, 15) is 9.59 Å². The zero-order valence-electron chi connectivity index (χ0n) is 16.2. The fourth-order valence-corrected chi connectivity index (χ4v) is 2.91. The molecule has 28 heavy (non-hydrogen) atoms. The lowest BCUT2D eigenvalue weighted by atomic mass is 10.1. The molecular weight excluding hydrogens is 360 g/mol. The zero-order chi connectivity index (χ0) is 20.1. The maximum Gasteiger partial charge on any atom is 0.338 e. The van der Waals surface area contributed by atoms with Crippen LogP contribution in [0.15, 0.2) is 48.5 Å². The highest BCUT2D eigenvalue weighted by Gasteiger charge is 2.37. The van der Waals surface area contributed by atoms with Gasteiger partial charge in [0, 0.05) is 13.5 Å². The standard InChI is InChI=1S/C22H24O6/c1-14-4-8-16(9-5-14)21(23)27-18-12-20(25-3)26-13-19(18)28-22(24)17-10-6-15(2)7-11-17/h4-11,18-20H,12-13H2,1-3H3. The van der Waals surface area contributed by atoms with Gasteiger partial charge in [0.05, 0.1) is 17.7 Å². The summed E-state index contributed by atoms with van der Waals surface area (Å²) in [5.74, 6) is -0.959. The Morgan fingerprint density at radius 2 is 1.29 bits per heavy atom. The Morgan fingerprint density at radius 1 is 0.821 bits per heavy atom. The van der Waals surface area contributed by atoms with Crippen LogP contribution in [0.3, 0.4) is 0 Å². The highest BCUT2D eigenvalue weighted by molar-refractivity contribution is 5.90. The molecule has 1 fully saturated rings. The Labute approximate surface area is 164 Å². The number of ether oxygens (including phenoxy) is 4. The lowest BCUT2D eigenvalue weighted by Crippen LogP contribution is -2.46. The molecular formula is C22H24O6. The van der Waals surface area contributed by atoms with Crippen LogP contribution in [0.2, 0.25) is 0 Å². The van der Waals surface area contributed by atoms with E-state index in [2.05, 4.69) is 0 Å². The highest BCUT2D eigenvalue weighted by atomic mass is 16.7. The Balaban J connectivity index is 1.70. The van der Waals surface area contributed by atoms with Crippen LogP contribution < -0.4 is 0 Å². The molecule has 3 unspecified atom stereocenters. The molecule has 6 heteroatoms. The normalized spacial score (nSPS) is 21.8. The first-order valence-corrected chi connectivity index (χ1v) is 9.16. The van der Waals surface area contributed by atoms with E-state index in [0.29, 0.717) is 11.1 Å². The van der Waals surface area contributed by atoms with Crippen molar-refractivity contribution in [2.45, 2.75) is 38.8 Å². The molecule has 148 valence electrons. The lowest BCUT2D eigenvalue weighted by Gasteiger charge is -2.34. The van der Waals surface area contributed by atoms with E-state index < -0.39 is 30.4 Å². The second-order valence-corrected chi connectivity index (χ2v) is 6.85. The average Bonchev–Trinajstić information content (AvgIpc) is 2.70. The summed E-state index contributed by atoms with van der Waals surface area (Å²) in [5.41, 5.74) is 2.97. The molecule has 1 aliphatic heterocycles. The first-order valence-electron chi connectivity index (χ1n) is 9.16. The number of aryl methyl sites for hydroxylation is 2. The minimum Gasteiger partial charge on any atom is -0.455 e. The van der Waals surface area contributed by atoms with E-state index in [4.69, 9.17) is 18.9 Å². The summed E-state index contributed by atoms with van der Waals surface area (Å²) in [6.45, 7) is 3.97. The lowest BCUT2D eigenvalue weighted by molar-refractivity contribution is -0.206. The monoisotopic (exact) mass is 384 g/mol. The van der Waals surface area contributed by atoms with Crippen LogP contribution >= 0.6 is 0 Å². The summed E-state index contributed by atoms with van der Waals surface area (Å²) in [6.07, 6.45) is -1.62. The third-order valence-electron chi connectivity index (χ3n) is 4.64. The van der Waals surface area contributed by atoms with Crippen molar-refractivity contribution in [3.8, 4) is 0 Å².